The number of rotatable bonds is 7. The van der Waals surface area contributed by atoms with Gasteiger partial charge in [0, 0.05) is 19.3 Å². The number of carbonyl (C=O) groups excluding carboxylic acids is 1. The molecule has 0 bridgehead atoms. The lowest BCUT2D eigenvalue weighted by molar-refractivity contribution is 0.0958. The van der Waals surface area contributed by atoms with Gasteiger partial charge in [-0.2, -0.15) is 0 Å². The van der Waals surface area contributed by atoms with Crippen LogP contribution in [0.5, 0.6) is 5.75 Å². The number of amides is 1. The third kappa shape index (κ3) is 4.82. The van der Waals surface area contributed by atoms with E-state index in [0.29, 0.717) is 22.9 Å². The summed E-state index contributed by atoms with van der Waals surface area (Å²) in [6.07, 6.45) is 6.76. The molecule has 4 aromatic heterocycles. The van der Waals surface area contributed by atoms with Crippen molar-refractivity contribution in [3.05, 3.63) is 60.3 Å². The first-order valence-electron chi connectivity index (χ1n) is 9.92. The number of halogens is 1. The maximum Gasteiger partial charge on any atom is 0.273 e. The molecule has 0 radical (unpaired) electrons. The van der Waals surface area contributed by atoms with E-state index in [1.54, 1.807) is 24.5 Å². The van der Waals surface area contributed by atoms with E-state index in [-0.39, 0.29) is 23.1 Å². The Labute approximate surface area is 193 Å². The lowest BCUT2D eigenvalue weighted by Crippen LogP contribution is -2.21. The predicted molar refractivity (Wildman–Crippen MR) is 121 cm³/mol. The summed E-state index contributed by atoms with van der Waals surface area (Å²) >= 11 is 0. The van der Waals surface area contributed by atoms with E-state index in [1.807, 2.05) is 6.92 Å². The summed E-state index contributed by atoms with van der Waals surface area (Å²) in [5.41, 5.74) is 1.55. The topological polar surface area (TPSA) is 153 Å². The van der Waals surface area contributed by atoms with Crippen LogP contribution >= 0.6 is 0 Å². The van der Waals surface area contributed by atoms with Gasteiger partial charge in [0.15, 0.2) is 34.7 Å². The van der Waals surface area contributed by atoms with E-state index in [4.69, 9.17) is 4.74 Å². The van der Waals surface area contributed by atoms with Gasteiger partial charge in [0.1, 0.15) is 5.82 Å². The number of anilines is 4. The molecule has 13 heteroatoms. The summed E-state index contributed by atoms with van der Waals surface area (Å²) in [5.74, 6) is 0.512. The molecule has 0 saturated heterocycles. The minimum Gasteiger partial charge on any atom is -0.492 e. The summed E-state index contributed by atoms with van der Waals surface area (Å²) in [4.78, 5) is 33.1. The van der Waals surface area contributed by atoms with Crippen molar-refractivity contribution in [2.24, 2.45) is 0 Å². The standard InChI is InChI=1S/C21H19FN10O2/c1-11-7-26-16(10-25-11)30-15-6-14(17(32-31-15)21(33)23-2)29-20-18(34-3)13(4-5-24-20)19-27-8-12(22)9-28-19/h4-10H,1-3H3,(H,23,33)(H2,24,26,29,30,31). The van der Waals surface area contributed by atoms with Crippen LogP contribution in [0, 0.1) is 12.7 Å². The van der Waals surface area contributed by atoms with Crippen molar-refractivity contribution < 1.29 is 13.9 Å². The fraction of sp³-hybridized carbons (Fsp3) is 0.143. The van der Waals surface area contributed by atoms with Crippen molar-refractivity contribution in [3.63, 3.8) is 0 Å². The summed E-state index contributed by atoms with van der Waals surface area (Å²) in [6.45, 7) is 1.82. The lowest BCUT2D eigenvalue weighted by Gasteiger charge is -2.15. The van der Waals surface area contributed by atoms with Crippen LogP contribution in [0.1, 0.15) is 16.2 Å². The number of aromatic nitrogens is 7. The SMILES string of the molecule is CNC(=O)c1nnc(Nc2cnc(C)cn2)cc1Nc1nccc(-c2ncc(F)cn2)c1OC. The first-order chi connectivity index (χ1) is 16.5. The lowest BCUT2D eigenvalue weighted by atomic mass is 10.2. The fourth-order valence-electron chi connectivity index (χ4n) is 2.92. The van der Waals surface area contributed by atoms with Crippen LogP contribution in [0.3, 0.4) is 0 Å². The minimum absolute atomic E-state index is 0.0235. The largest absolute Gasteiger partial charge is 0.492 e. The highest BCUT2D eigenvalue weighted by Crippen LogP contribution is 2.35. The Morgan fingerprint density at radius 1 is 0.971 bits per heavy atom. The van der Waals surface area contributed by atoms with Gasteiger partial charge in [0.2, 0.25) is 0 Å². The third-order valence-corrected chi connectivity index (χ3v) is 4.50. The molecule has 0 saturated carbocycles. The second kappa shape index (κ2) is 9.77. The van der Waals surface area contributed by atoms with Crippen molar-refractivity contribution >= 4 is 29.0 Å². The maximum atomic E-state index is 13.3. The first kappa shape index (κ1) is 22.4. The molecule has 4 aromatic rings. The molecule has 1 amide bonds. The van der Waals surface area contributed by atoms with E-state index in [1.165, 1.54) is 20.4 Å². The Hall–Kier alpha value is -4.81. The molecule has 0 spiro atoms. The van der Waals surface area contributed by atoms with Crippen molar-refractivity contribution in [3.8, 4) is 17.1 Å². The number of pyridine rings is 1. The van der Waals surface area contributed by atoms with Crippen LogP contribution < -0.4 is 20.7 Å². The van der Waals surface area contributed by atoms with Gasteiger partial charge in [-0.1, -0.05) is 0 Å². The summed E-state index contributed by atoms with van der Waals surface area (Å²) in [6, 6.07) is 3.20. The van der Waals surface area contributed by atoms with E-state index < -0.39 is 11.7 Å². The third-order valence-electron chi connectivity index (χ3n) is 4.50. The molecule has 34 heavy (non-hydrogen) atoms. The molecule has 0 aromatic carbocycles. The normalized spacial score (nSPS) is 10.5. The summed E-state index contributed by atoms with van der Waals surface area (Å²) in [7, 11) is 2.93. The van der Waals surface area contributed by atoms with E-state index in [0.717, 1.165) is 18.1 Å². The number of hydrogen-bond donors (Lipinski definition) is 3. The van der Waals surface area contributed by atoms with Crippen LogP contribution in [-0.4, -0.2) is 55.2 Å². The number of ether oxygens (including phenoxy) is 1. The molecule has 0 aliphatic rings. The summed E-state index contributed by atoms with van der Waals surface area (Å²) < 4.78 is 18.8. The van der Waals surface area contributed by atoms with Crippen LogP contribution in [0.25, 0.3) is 11.4 Å². The highest BCUT2D eigenvalue weighted by molar-refractivity contribution is 5.98. The zero-order chi connectivity index (χ0) is 24.1. The Morgan fingerprint density at radius 3 is 2.44 bits per heavy atom. The van der Waals surface area contributed by atoms with Crippen LogP contribution in [0.15, 0.2) is 43.1 Å². The van der Waals surface area contributed by atoms with Gasteiger partial charge in [-0.15, -0.1) is 10.2 Å². The molecule has 0 unspecified atom stereocenters. The number of methoxy groups -OCH3 is 1. The first-order valence-corrected chi connectivity index (χ1v) is 9.92. The zero-order valence-electron chi connectivity index (χ0n) is 18.4. The van der Waals surface area contributed by atoms with Gasteiger partial charge in [-0.3, -0.25) is 9.78 Å². The number of aryl methyl sites for hydroxylation is 1. The van der Waals surface area contributed by atoms with Gasteiger partial charge in [-0.25, -0.2) is 24.3 Å². The number of nitrogens with zero attached hydrogens (tertiary/aromatic N) is 7. The fourth-order valence-corrected chi connectivity index (χ4v) is 2.92. The quantitative estimate of drug-likeness (QED) is 0.371. The smallest absolute Gasteiger partial charge is 0.273 e. The predicted octanol–water partition coefficient (Wildman–Crippen LogP) is 2.42. The molecule has 0 aliphatic carbocycles. The van der Waals surface area contributed by atoms with Gasteiger partial charge >= 0.3 is 0 Å². The molecule has 0 aliphatic heterocycles. The number of carbonyl (C=O) groups is 1. The Morgan fingerprint density at radius 2 is 1.76 bits per heavy atom. The van der Waals surface area contributed by atoms with Gasteiger partial charge in [-0.05, 0) is 13.0 Å². The molecule has 4 rings (SSSR count). The van der Waals surface area contributed by atoms with E-state index >= 15 is 0 Å². The average molecular weight is 462 g/mol. The Kier molecular flexibility index (Phi) is 6.43. The molecule has 4 heterocycles. The second-order valence-electron chi connectivity index (χ2n) is 6.83. The van der Waals surface area contributed by atoms with E-state index in [9.17, 15) is 9.18 Å². The van der Waals surface area contributed by atoms with Gasteiger partial charge in [0.25, 0.3) is 5.91 Å². The van der Waals surface area contributed by atoms with E-state index in [2.05, 4.69) is 51.1 Å². The van der Waals surface area contributed by atoms with Gasteiger partial charge in [0.05, 0.1) is 48.8 Å². The Balaban J connectivity index is 1.73. The maximum absolute atomic E-state index is 13.3. The van der Waals surface area contributed by atoms with Crippen molar-refractivity contribution in [1.82, 2.24) is 40.4 Å². The number of nitrogens with one attached hydrogen (secondary N) is 3. The average Bonchev–Trinajstić information content (AvgIpc) is 2.85. The molecule has 172 valence electrons. The van der Waals surface area contributed by atoms with Crippen LogP contribution in [0.4, 0.5) is 27.5 Å². The van der Waals surface area contributed by atoms with Gasteiger partial charge < -0.3 is 20.7 Å². The van der Waals surface area contributed by atoms with Crippen molar-refractivity contribution in [1.29, 1.82) is 0 Å². The van der Waals surface area contributed by atoms with Crippen LogP contribution in [0.2, 0.25) is 0 Å². The molecular formula is C21H19FN10O2. The zero-order valence-corrected chi connectivity index (χ0v) is 18.4. The second-order valence-corrected chi connectivity index (χ2v) is 6.83. The molecule has 3 N–H and O–H groups in total. The molecule has 0 atom stereocenters. The number of hydrogen-bond acceptors (Lipinski definition) is 11. The van der Waals surface area contributed by atoms with Crippen LogP contribution in [-0.2, 0) is 0 Å². The summed E-state index contributed by atoms with van der Waals surface area (Å²) in [5, 5.41) is 16.6. The van der Waals surface area contributed by atoms with Crippen molar-refractivity contribution in [2.75, 3.05) is 24.8 Å². The molecule has 12 nitrogen and oxygen atoms in total. The molecule has 0 fully saturated rings. The minimum atomic E-state index is -0.563. The highest BCUT2D eigenvalue weighted by atomic mass is 19.1. The Bertz CT molecular complexity index is 1320. The molecular weight excluding hydrogens is 443 g/mol. The van der Waals surface area contributed by atoms with Crippen molar-refractivity contribution in [2.45, 2.75) is 6.92 Å². The highest BCUT2D eigenvalue weighted by Gasteiger charge is 2.19. The monoisotopic (exact) mass is 462 g/mol.